The van der Waals surface area contributed by atoms with Crippen molar-refractivity contribution >= 4 is 12.0 Å². The summed E-state index contributed by atoms with van der Waals surface area (Å²) in [6.07, 6.45) is 4.87. The maximum atomic E-state index is 11.1. The fourth-order valence-corrected chi connectivity index (χ4v) is 5.49. The fraction of sp³-hybridized carbons (Fsp3) is 0.321. The maximum Gasteiger partial charge on any atom is 0.123 e. The van der Waals surface area contributed by atoms with Gasteiger partial charge in [0.2, 0.25) is 0 Å². The first-order valence-corrected chi connectivity index (χ1v) is 11.5. The number of carbonyl (C=O) groups excluding carboxylic acids is 1. The molecule has 0 amide bonds. The average molecular weight is 428 g/mol. The Labute approximate surface area is 189 Å². The van der Waals surface area contributed by atoms with Crippen LogP contribution in [0.25, 0.3) is 0 Å². The number of piperidine rings is 1. The Hall–Kier alpha value is -3.27. The van der Waals surface area contributed by atoms with E-state index in [4.69, 9.17) is 0 Å². The lowest BCUT2D eigenvalue weighted by atomic mass is 9.69. The molecule has 2 atom stereocenters. The van der Waals surface area contributed by atoms with Crippen LogP contribution in [0.15, 0.2) is 66.7 Å². The van der Waals surface area contributed by atoms with E-state index in [9.17, 15) is 15.0 Å². The quantitative estimate of drug-likeness (QED) is 0.549. The first kappa shape index (κ1) is 20.6. The van der Waals surface area contributed by atoms with Crippen LogP contribution in [0, 0.1) is 5.92 Å². The molecule has 3 aromatic carbocycles. The number of phenolic OH excluding ortho intramolecular Hbond substituents is 2. The summed E-state index contributed by atoms with van der Waals surface area (Å²) in [4.78, 5) is 13.4. The van der Waals surface area contributed by atoms with Crippen molar-refractivity contribution in [2.45, 2.75) is 37.5 Å². The Morgan fingerprint density at radius 1 is 0.781 bits per heavy atom. The highest BCUT2D eigenvalue weighted by atomic mass is 16.3. The molecule has 0 saturated carbocycles. The topological polar surface area (TPSA) is 60.8 Å². The number of fused-ring (bicyclic) bond motifs is 1. The normalized spacial score (nSPS) is 21.2. The highest BCUT2D eigenvalue weighted by molar-refractivity contribution is 5.56. The number of nitrogens with zero attached hydrogens (tertiary/aromatic N) is 1. The zero-order valence-corrected chi connectivity index (χ0v) is 18.2. The van der Waals surface area contributed by atoms with E-state index in [1.54, 1.807) is 18.2 Å². The number of aldehydes is 1. The van der Waals surface area contributed by atoms with Gasteiger partial charge in [-0.3, -0.25) is 0 Å². The third-order valence-corrected chi connectivity index (χ3v) is 7.26. The lowest BCUT2D eigenvalue weighted by Crippen LogP contribution is -2.34. The standard InChI is InChI=1S/C28H29NO3/c30-18-19-13-15-29(16-14-19)23-6-1-21(2-7-23)28-26(20-3-8-24(31)9-4-20)11-5-22-17-25(32)10-12-27(22)28/h1-4,6-10,12,17-19,26,28,31-32H,5,11,13-16H2/t26-,28+/m0/s1. The van der Waals surface area contributed by atoms with Crippen LogP contribution >= 0.6 is 0 Å². The number of hydrogen-bond acceptors (Lipinski definition) is 4. The van der Waals surface area contributed by atoms with E-state index >= 15 is 0 Å². The van der Waals surface area contributed by atoms with Crippen LogP contribution in [0.5, 0.6) is 11.5 Å². The van der Waals surface area contributed by atoms with Crippen LogP contribution < -0.4 is 4.90 Å². The zero-order chi connectivity index (χ0) is 22.1. The van der Waals surface area contributed by atoms with Crippen molar-refractivity contribution in [1.29, 1.82) is 0 Å². The minimum atomic E-state index is 0.193. The summed E-state index contributed by atoms with van der Waals surface area (Å²) >= 11 is 0. The number of hydrogen-bond donors (Lipinski definition) is 2. The van der Waals surface area contributed by atoms with Crippen LogP contribution in [0.2, 0.25) is 0 Å². The van der Waals surface area contributed by atoms with Crippen molar-refractivity contribution in [2.75, 3.05) is 18.0 Å². The molecule has 2 aliphatic rings. The number of anilines is 1. The number of carbonyl (C=O) groups is 1. The Morgan fingerprint density at radius 3 is 2.12 bits per heavy atom. The maximum absolute atomic E-state index is 11.1. The molecule has 4 heteroatoms. The minimum Gasteiger partial charge on any atom is -0.508 e. The second-order valence-corrected chi connectivity index (χ2v) is 9.15. The molecule has 0 aromatic heterocycles. The van der Waals surface area contributed by atoms with Gasteiger partial charge in [-0.2, -0.15) is 0 Å². The molecular weight excluding hydrogens is 398 g/mol. The summed E-state index contributed by atoms with van der Waals surface area (Å²) < 4.78 is 0. The van der Waals surface area contributed by atoms with E-state index < -0.39 is 0 Å². The molecule has 1 aliphatic carbocycles. The van der Waals surface area contributed by atoms with Gasteiger partial charge in [0.15, 0.2) is 0 Å². The molecule has 5 rings (SSSR count). The van der Waals surface area contributed by atoms with Crippen LogP contribution in [0.1, 0.15) is 53.4 Å². The molecule has 1 fully saturated rings. The molecule has 0 unspecified atom stereocenters. The Kier molecular flexibility index (Phi) is 5.60. The van der Waals surface area contributed by atoms with E-state index in [0.717, 1.165) is 45.1 Å². The van der Waals surface area contributed by atoms with E-state index in [-0.39, 0.29) is 17.6 Å². The van der Waals surface area contributed by atoms with Gasteiger partial charge in [-0.15, -0.1) is 0 Å². The number of rotatable bonds is 4. The predicted octanol–water partition coefficient (Wildman–Crippen LogP) is 5.38. The van der Waals surface area contributed by atoms with Gasteiger partial charge in [0.25, 0.3) is 0 Å². The SMILES string of the molecule is O=CC1CCN(c2ccc([C@H]3c4ccc(O)cc4CC[C@H]3c3ccc(O)cc3)cc2)CC1. The summed E-state index contributed by atoms with van der Waals surface area (Å²) in [5.41, 5.74) is 6.19. The molecule has 0 spiro atoms. The number of aromatic hydroxyl groups is 2. The lowest BCUT2D eigenvalue weighted by Gasteiger charge is -2.35. The molecule has 1 heterocycles. The monoisotopic (exact) mass is 427 g/mol. The Bertz CT molecular complexity index is 1080. The molecule has 1 aliphatic heterocycles. The van der Waals surface area contributed by atoms with Gasteiger partial charge in [-0.1, -0.05) is 30.3 Å². The summed E-state index contributed by atoms with van der Waals surface area (Å²) in [7, 11) is 0. The Balaban J connectivity index is 1.48. The fourth-order valence-electron chi connectivity index (χ4n) is 5.49. The van der Waals surface area contributed by atoms with Crippen molar-refractivity contribution in [3.8, 4) is 11.5 Å². The molecule has 3 aromatic rings. The van der Waals surface area contributed by atoms with Crippen LogP contribution in [0.4, 0.5) is 5.69 Å². The summed E-state index contributed by atoms with van der Waals surface area (Å²) in [6.45, 7) is 1.84. The Morgan fingerprint density at radius 2 is 1.44 bits per heavy atom. The van der Waals surface area contributed by atoms with Gasteiger partial charge in [0.1, 0.15) is 17.8 Å². The second kappa shape index (κ2) is 8.70. The van der Waals surface area contributed by atoms with Gasteiger partial charge in [0, 0.05) is 30.6 Å². The predicted molar refractivity (Wildman–Crippen MR) is 127 cm³/mol. The molecule has 0 radical (unpaired) electrons. The number of aryl methyl sites for hydroxylation is 1. The first-order chi connectivity index (χ1) is 15.6. The third kappa shape index (κ3) is 3.97. The zero-order valence-electron chi connectivity index (χ0n) is 18.2. The van der Waals surface area contributed by atoms with Crippen LogP contribution in [0.3, 0.4) is 0 Å². The number of phenols is 2. The van der Waals surface area contributed by atoms with Gasteiger partial charge >= 0.3 is 0 Å². The van der Waals surface area contributed by atoms with Crippen molar-refractivity contribution < 1.29 is 15.0 Å². The van der Waals surface area contributed by atoms with E-state index in [0.29, 0.717) is 11.7 Å². The molecule has 4 nitrogen and oxygen atoms in total. The van der Waals surface area contributed by atoms with E-state index in [1.807, 2.05) is 18.2 Å². The summed E-state index contributed by atoms with van der Waals surface area (Å²) in [6, 6.07) is 22.3. The van der Waals surface area contributed by atoms with E-state index in [2.05, 4.69) is 35.2 Å². The first-order valence-electron chi connectivity index (χ1n) is 11.5. The van der Waals surface area contributed by atoms with Gasteiger partial charge in [-0.05, 0) is 90.3 Å². The summed E-state index contributed by atoms with van der Waals surface area (Å²) in [5.74, 6) is 1.31. The van der Waals surface area contributed by atoms with Crippen molar-refractivity contribution in [3.05, 3.63) is 89.0 Å². The van der Waals surface area contributed by atoms with Crippen LogP contribution in [-0.4, -0.2) is 29.6 Å². The third-order valence-electron chi connectivity index (χ3n) is 7.26. The van der Waals surface area contributed by atoms with Gasteiger partial charge in [0.05, 0.1) is 0 Å². The second-order valence-electron chi connectivity index (χ2n) is 9.15. The molecule has 2 N–H and O–H groups in total. The van der Waals surface area contributed by atoms with Crippen molar-refractivity contribution in [3.63, 3.8) is 0 Å². The largest absolute Gasteiger partial charge is 0.508 e. The molecular formula is C28H29NO3. The van der Waals surface area contributed by atoms with Crippen molar-refractivity contribution in [1.82, 2.24) is 0 Å². The molecule has 1 saturated heterocycles. The van der Waals surface area contributed by atoms with Gasteiger partial charge in [-0.25, -0.2) is 0 Å². The molecule has 32 heavy (non-hydrogen) atoms. The smallest absolute Gasteiger partial charge is 0.123 e. The molecule has 164 valence electrons. The van der Waals surface area contributed by atoms with Crippen LogP contribution in [-0.2, 0) is 11.2 Å². The average Bonchev–Trinajstić information content (AvgIpc) is 2.84. The van der Waals surface area contributed by atoms with Gasteiger partial charge < -0.3 is 19.9 Å². The number of benzene rings is 3. The minimum absolute atomic E-state index is 0.193. The van der Waals surface area contributed by atoms with E-state index in [1.165, 1.54) is 27.9 Å². The highest BCUT2D eigenvalue weighted by Gasteiger charge is 2.32. The lowest BCUT2D eigenvalue weighted by molar-refractivity contribution is -0.111. The van der Waals surface area contributed by atoms with Crippen molar-refractivity contribution in [2.24, 2.45) is 5.92 Å². The molecule has 0 bridgehead atoms. The summed E-state index contributed by atoms with van der Waals surface area (Å²) in [5, 5.41) is 19.8. The highest BCUT2D eigenvalue weighted by Crippen LogP contribution is 2.47.